The Labute approximate surface area is 180 Å². The highest BCUT2D eigenvalue weighted by Crippen LogP contribution is 2.47. The molecule has 4 atom stereocenters. The minimum Gasteiger partial charge on any atom is -0.458 e. The molecule has 1 amide bonds. The highest BCUT2D eigenvalue weighted by molar-refractivity contribution is 5.89. The van der Waals surface area contributed by atoms with Crippen LogP contribution in [-0.4, -0.2) is 53.0 Å². The topological polar surface area (TPSA) is 49.9 Å². The van der Waals surface area contributed by atoms with Crippen LogP contribution in [0.15, 0.2) is 18.2 Å². The van der Waals surface area contributed by atoms with Gasteiger partial charge in [-0.3, -0.25) is 9.59 Å². The largest absolute Gasteiger partial charge is 0.458 e. The molecule has 3 aliphatic rings. The highest BCUT2D eigenvalue weighted by Gasteiger charge is 2.59. The Hall–Kier alpha value is -2.09. The van der Waals surface area contributed by atoms with Gasteiger partial charge in [0, 0.05) is 38.5 Å². The number of carbonyl (C=O) groups excluding carboxylic acids is 2. The lowest BCUT2D eigenvalue weighted by Gasteiger charge is -2.45. The van der Waals surface area contributed by atoms with Crippen LogP contribution in [0.5, 0.6) is 0 Å². The van der Waals surface area contributed by atoms with Gasteiger partial charge in [-0.05, 0) is 43.1 Å². The van der Waals surface area contributed by atoms with Gasteiger partial charge in [0.05, 0.1) is 17.4 Å². The number of alkyl halides is 3. The van der Waals surface area contributed by atoms with E-state index < -0.39 is 29.2 Å². The number of piperidine rings is 1. The molecule has 0 aromatic heterocycles. The number of fused-ring (bicyclic) bond motifs is 1. The normalized spacial score (nSPS) is 31.6. The first-order valence-corrected chi connectivity index (χ1v) is 11.0. The summed E-state index contributed by atoms with van der Waals surface area (Å²) in [4.78, 5) is 30.1. The first-order chi connectivity index (χ1) is 14.6. The summed E-state index contributed by atoms with van der Waals surface area (Å²) in [6.45, 7) is 8.10. The lowest BCUT2D eigenvalue weighted by molar-refractivity contribution is -0.160. The maximum Gasteiger partial charge on any atom is 0.416 e. The van der Waals surface area contributed by atoms with Crippen LogP contribution in [0.4, 0.5) is 13.2 Å². The van der Waals surface area contributed by atoms with Crippen molar-refractivity contribution in [2.45, 2.75) is 64.4 Å². The second-order valence-corrected chi connectivity index (χ2v) is 9.17. The molecule has 0 bridgehead atoms. The quantitative estimate of drug-likeness (QED) is 0.662. The SMILES string of the molecule is CCN1CCC2(CC1C)OC(=O)C(C)C2C(=O)N1CCc2ccc(C(F)(F)F)cc2C1. The van der Waals surface area contributed by atoms with Crippen molar-refractivity contribution in [1.82, 2.24) is 9.80 Å². The molecule has 0 aliphatic carbocycles. The van der Waals surface area contributed by atoms with Gasteiger partial charge in [0.2, 0.25) is 5.91 Å². The van der Waals surface area contributed by atoms with E-state index in [0.29, 0.717) is 31.4 Å². The summed E-state index contributed by atoms with van der Waals surface area (Å²) in [5, 5.41) is 0. The number of rotatable bonds is 2. The number of hydrogen-bond donors (Lipinski definition) is 0. The van der Waals surface area contributed by atoms with Crippen molar-refractivity contribution in [3.63, 3.8) is 0 Å². The van der Waals surface area contributed by atoms with Gasteiger partial charge in [0.25, 0.3) is 0 Å². The molecule has 8 heteroatoms. The number of hydrogen-bond acceptors (Lipinski definition) is 4. The molecule has 1 aromatic carbocycles. The van der Waals surface area contributed by atoms with Gasteiger partial charge < -0.3 is 14.5 Å². The average Bonchev–Trinajstić information content (AvgIpc) is 2.95. The Morgan fingerprint density at radius 1 is 1.23 bits per heavy atom. The number of halogens is 3. The summed E-state index contributed by atoms with van der Waals surface area (Å²) in [5.74, 6) is -1.70. The van der Waals surface area contributed by atoms with Crippen LogP contribution in [0.2, 0.25) is 0 Å². The maximum atomic E-state index is 13.6. The predicted octanol–water partition coefficient (Wildman–Crippen LogP) is 3.64. The molecule has 3 heterocycles. The van der Waals surface area contributed by atoms with E-state index in [9.17, 15) is 22.8 Å². The zero-order valence-electron chi connectivity index (χ0n) is 18.2. The smallest absolute Gasteiger partial charge is 0.416 e. The monoisotopic (exact) mass is 438 g/mol. The van der Waals surface area contributed by atoms with Gasteiger partial charge in [0.15, 0.2) is 0 Å². The fourth-order valence-electron chi connectivity index (χ4n) is 5.63. The Morgan fingerprint density at radius 2 is 1.97 bits per heavy atom. The summed E-state index contributed by atoms with van der Waals surface area (Å²) in [7, 11) is 0. The molecule has 5 nitrogen and oxygen atoms in total. The van der Waals surface area contributed by atoms with E-state index in [2.05, 4.69) is 18.7 Å². The third kappa shape index (κ3) is 3.83. The molecule has 0 radical (unpaired) electrons. The van der Waals surface area contributed by atoms with Gasteiger partial charge >= 0.3 is 12.1 Å². The van der Waals surface area contributed by atoms with Crippen molar-refractivity contribution in [3.8, 4) is 0 Å². The van der Waals surface area contributed by atoms with Crippen molar-refractivity contribution in [2.75, 3.05) is 19.6 Å². The van der Waals surface area contributed by atoms with E-state index in [4.69, 9.17) is 4.74 Å². The Kier molecular flexibility index (Phi) is 5.56. The fourth-order valence-corrected chi connectivity index (χ4v) is 5.63. The summed E-state index contributed by atoms with van der Waals surface area (Å²) >= 11 is 0. The second kappa shape index (κ2) is 7.80. The van der Waals surface area contributed by atoms with Crippen molar-refractivity contribution < 1.29 is 27.5 Å². The molecular weight excluding hydrogens is 409 g/mol. The summed E-state index contributed by atoms with van der Waals surface area (Å²) < 4.78 is 45.3. The van der Waals surface area contributed by atoms with Crippen molar-refractivity contribution >= 4 is 11.9 Å². The molecule has 1 spiro atoms. The Morgan fingerprint density at radius 3 is 2.61 bits per heavy atom. The number of likely N-dealkylation sites (tertiary alicyclic amines) is 1. The molecule has 3 aliphatic heterocycles. The van der Waals surface area contributed by atoms with Crippen LogP contribution in [0, 0.1) is 11.8 Å². The van der Waals surface area contributed by atoms with Gasteiger partial charge in [0.1, 0.15) is 5.60 Å². The Balaban J connectivity index is 1.59. The van der Waals surface area contributed by atoms with Gasteiger partial charge in [-0.1, -0.05) is 19.9 Å². The van der Waals surface area contributed by atoms with E-state index >= 15 is 0 Å². The summed E-state index contributed by atoms with van der Waals surface area (Å²) in [6.07, 6.45) is -2.73. The van der Waals surface area contributed by atoms with E-state index in [1.165, 1.54) is 6.07 Å². The lowest BCUT2D eigenvalue weighted by Crippen LogP contribution is -2.56. The molecule has 2 fully saturated rings. The number of ether oxygens (including phenoxy) is 1. The van der Waals surface area contributed by atoms with Crippen molar-refractivity contribution in [2.24, 2.45) is 11.8 Å². The van der Waals surface area contributed by atoms with Crippen molar-refractivity contribution in [3.05, 3.63) is 34.9 Å². The number of carbonyl (C=O) groups is 2. The zero-order chi connectivity index (χ0) is 22.6. The number of nitrogens with zero attached hydrogens (tertiary/aromatic N) is 2. The Bertz CT molecular complexity index is 887. The van der Waals surface area contributed by atoms with Crippen molar-refractivity contribution in [1.29, 1.82) is 0 Å². The van der Waals surface area contributed by atoms with E-state index in [1.807, 2.05) is 0 Å². The molecule has 2 saturated heterocycles. The van der Waals surface area contributed by atoms with Crippen LogP contribution in [0.25, 0.3) is 0 Å². The second-order valence-electron chi connectivity index (χ2n) is 9.17. The van der Waals surface area contributed by atoms with Crippen LogP contribution in [-0.2, 0) is 33.5 Å². The third-order valence-corrected chi connectivity index (χ3v) is 7.36. The van der Waals surface area contributed by atoms with E-state index in [1.54, 1.807) is 11.8 Å². The van der Waals surface area contributed by atoms with Crippen LogP contribution < -0.4 is 0 Å². The summed E-state index contributed by atoms with van der Waals surface area (Å²) in [6, 6.07) is 3.93. The third-order valence-electron chi connectivity index (χ3n) is 7.36. The molecule has 0 N–H and O–H groups in total. The highest BCUT2D eigenvalue weighted by atomic mass is 19.4. The first-order valence-electron chi connectivity index (χ1n) is 11.0. The van der Waals surface area contributed by atoms with Gasteiger partial charge in [-0.15, -0.1) is 0 Å². The number of amides is 1. The summed E-state index contributed by atoms with van der Waals surface area (Å²) in [5.41, 5.74) is -0.170. The van der Waals surface area contributed by atoms with Crippen LogP contribution in [0.3, 0.4) is 0 Å². The molecule has 4 rings (SSSR count). The average molecular weight is 438 g/mol. The number of benzene rings is 1. The van der Waals surface area contributed by atoms with E-state index in [-0.39, 0.29) is 24.5 Å². The zero-order valence-corrected chi connectivity index (χ0v) is 18.2. The molecule has 0 saturated carbocycles. The molecular formula is C23H29F3N2O3. The van der Waals surface area contributed by atoms with Gasteiger partial charge in [-0.2, -0.15) is 13.2 Å². The predicted molar refractivity (Wildman–Crippen MR) is 108 cm³/mol. The molecule has 1 aromatic rings. The lowest BCUT2D eigenvalue weighted by atomic mass is 9.73. The fraction of sp³-hybridized carbons (Fsp3) is 0.652. The number of esters is 1. The molecule has 4 unspecified atom stereocenters. The van der Waals surface area contributed by atoms with Gasteiger partial charge in [-0.25, -0.2) is 0 Å². The molecule has 170 valence electrons. The van der Waals surface area contributed by atoms with E-state index in [0.717, 1.165) is 30.8 Å². The molecule has 31 heavy (non-hydrogen) atoms. The minimum absolute atomic E-state index is 0.127. The standard InChI is InChI=1S/C23H29F3N2O3/c1-4-27-10-8-22(12-14(27)2)19(15(3)21(30)31-22)20(29)28-9-7-16-5-6-18(23(24,25)26)11-17(16)13-28/h5-6,11,14-15,19H,4,7-10,12-13H2,1-3H3. The maximum absolute atomic E-state index is 13.6. The van der Waals surface area contributed by atoms with Crippen LogP contribution in [0.1, 0.15) is 50.3 Å². The first kappa shape index (κ1) is 22.1. The minimum atomic E-state index is -4.42. The van der Waals surface area contributed by atoms with Crippen LogP contribution >= 0.6 is 0 Å².